The standard InChI is InChI=1S/C23H18IN3O2/c24-20-9-5-16(6-10-20)14-25-22(28)15-27-23(29)12-11-21(26-27)19-8-7-17-3-1-2-4-18(17)13-19/h1-13H,14-15H2,(H,25,28). The fourth-order valence-electron chi connectivity index (χ4n) is 3.06. The Hall–Kier alpha value is -3.00. The number of nitrogens with one attached hydrogen (secondary N) is 1. The molecule has 0 aliphatic carbocycles. The molecule has 1 aromatic heterocycles. The van der Waals surface area contributed by atoms with Crippen LogP contribution in [0.2, 0.25) is 0 Å². The Labute approximate surface area is 181 Å². The summed E-state index contributed by atoms with van der Waals surface area (Å²) in [5.74, 6) is -0.256. The number of hydrogen-bond acceptors (Lipinski definition) is 3. The van der Waals surface area contributed by atoms with E-state index in [1.165, 1.54) is 10.7 Å². The monoisotopic (exact) mass is 495 g/mol. The van der Waals surface area contributed by atoms with Crippen LogP contribution in [0.4, 0.5) is 0 Å². The van der Waals surface area contributed by atoms with Crippen LogP contribution < -0.4 is 10.9 Å². The summed E-state index contributed by atoms with van der Waals surface area (Å²) in [4.78, 5) is 24.5. The maximum absolute atomic E-state index is 12.3. The summed E-state index contributed by atoms with van der Waals surface area (Å²) in [5.41, 5.74) is 2.25. The van der Waals surface area contributed by atoms with E-state index in [1.54, 1.807) is 6.07 Å². The Morgan fingerprint density at radius 2 is 1.69 bits per heavy atom. The van der Waals surface area contributed by atoms with Crippen LogP contribution in [0.25, 0.3) is 22.0 Å². The summed E-state index contributed by atoms with van der Waals surface area (Å²) in [6, 6.07) is 25.1. The highest BCUT2D eigenvalue weighted by molar-refractivity contribution is 14.1. The Kier molecular flexibility index (Phi) is 5.71. The highest BCUT2D eigenvalue weighted by atomic mass is 127. The predicted octanol–water partition coefficient (Wildman–Crippen LogP) is 3.98. The van der Waals surface area contributed by atoms with Gasteiger partial charge in [-0.1, -0.05) is 48.5 Å². The number of benzene rings is 3. The summed E-state index contributed by atoms with van der Waals surface area (Å²) in [7, 11) is 0. The zero-order valence-electron chi connectivity index (χ0n) is 15.5. The van der Waals surface area contributed by atoms with Crippen molar-refractivity contribution >= 4 is 39.3 Å². The normalized spacial score (nSPS) is 10.8. The van der Waals surface area contributed by atoms with E-state index in [2.05, 4.69) is 33.0 Å². The van der Waals surface area contributed by atoms with Crippen molar-refractivity contribution in [3.8, 4) is 11.3 Å². The van der Waals surface area contributed by atoms with E-state index < -0.39 is 0 Å². The first-order valence-corrected chi connectivity index (χ1v) is 10.2. The Balaban J connectivity index is 1.50. The molecule has 0 fully saturated rings. The van der Waals surface area contributed by atoms with Crippen molar-refractivity contribution < 1.29 is 4.79 Å². The van der Waals surface area contributed by atoms with E-state index in [4.69, 9.17) is 0 Å². The lowest BCUT2D eigenvalue weighted by Crippen LogP contribution is -2.33. The van der Waals surface area contributed by atoms with Gasteiger partial charge in [0.15, 0.2) is 0 Å². The smallest absolute Gasteiger partial charge is 0.267 e. The lowest BCUT2D eigenvalue weighted by Gasteiger charge is -2.09. The maximum Gasteiger partial charge on any atom is 0.267 e. The number of rotatable bonds is 5. The van der Waals surface area contributed by atoms with E-state index in [0.717, 1.165) is 25.5 Å². The van der Waals surface area contributed by atoms with Gasteiger partial charge in [0, 0.05) is 21.7 Å². The van der Waals surface area contributed by atoms with Gasteiger partial charge in [-0.3, -0.25) is 9.59 Å². The van der Waals surface area contributed by atoms with Crippen molar-refractivity contribution in [2.45, 2.75) is 13.1 Å². The minimum atomic E-state index is -0.307. The molecule has 1 heterocycles. The third kappa shape index (κ3) is 4.71. The molecule has 0 atom stereocenters. The summed E-state index contributed by atoms with van der Waals surface area (Å²) < 4.78 is 2.34. The second-order valence-corrected chi connectivity index (χ2v) is 7.93. The van der Waals surface area contributed by atoms with E-state index in [9.17, 15) is 9.59 Å². The molecule has 0 aliphatic heterocycles. The fourth-order valence-corrected chi connectivity index (χ4v) is 3.42. The number of amides is 1. The molecule has 6 heteroatoms. The third-order valence-corrected chi connectivity index (χ3v) is 5.33. The zero-order chi connectivity index (χ0) is 20.2. The van der Waals surface area contributed by atoms with Crippen LogP contribution in [0.1, 0.15) is 5.56 Å². The topological polar surface area (TPSA) is 64.0 Å². The van der Waals surface area contributed by atoms with Gasteiger partial charge in [-0.05, 0) is 63.2 Å². The second-order valence-electron chi connectivity index (χ2n) is 6.68. The number of halogens is 1. The molecule has 0 bridgehead atoms. The molecule has 0 saturated heterocycles. The number of aromatic nitrogens is 2. The van der Waals surface area contributed by atoms with Crippen LogP contribution in [-0.2, 0) is 17.9 Å². The number of carbonyl (C=O) groups is 1. The molecule has 4 aromatic rings. The van der Waals surface area contributed by atoms with Gasteiger partial charge in [-0.2, -0.15) is 5.10 Å². The van der Waals surface area contributed by atoms with Crippen LogP contribution in [0.3, 0.4) is 0 Å². The van der Waals surface area contributed by atoms with Gasteiger partial charge in [0.25, 0.3) is 5.56 Å². The highest BCUT2D eigenvalue weighted by Gasteiger charge is 2.09. The van der Waals surface area contributed by atoms with Gasteiger partial charge in [0.05, 0.1) is 5.69 Å². The Bertz CT molecular complexity index is 1230. The Morgan fingerprint density at radius 3 is 2.48 bits per heavy atom. The van der Waals surface area contributed by atoms with Crippen molar-refractivity contribution in [2.75, 3.05) is 0 Å². The average Bonchev–Trinajstić information content (AvgIpc) is 2.74. The van der Waals surface area contributed by atoms with Gasteiger partial charge < -0.3 is 5.32 Å². The van der Waals surface area contributed by atoms with E-state index >= 15 is 0 Å². The van der Waals surface area contributed by atoms with Gasteiger partial charge >= 0.3 is 0 Å². The molecule has 0 spiro atoms. The molecule has 3 aromatic carbocycles. The number of nitrogens with zero attached hydrogens (tertiary/aromatic N) is 2. The van der Waals surface area contributed by atoms with Crippen LogP contribution in [-0.4, -0.2) is 15.7 Å². The van der Waals surface area contributed by atoms with Gasteiger partial charge in [-0.15, -0.1) is 0 Å². The first-order valence-electron chi connectivity index (χ1n) is 9.17. The van der Waals surface area contributed by atoms with Crippen LogP contribution in [0.15, 0.2) is 83.7 Å². The molecular weight excluding hydrogens is 477 g/mol. The first-order chi connectivity index (χ1) is 14.1. The molecular formula is C23H18IN3O2. The molecule has 0 unspecified atom stereocenters. The lowest BCUT2D eigenvalue weighted by molar-refractivity contribution is -0.122. The van der Waals surface area contributed by atoms with Crippen molar-refractivity contribution in [3.05, 3.63) is 98.4 Å². The highest BCUT2D eigenvalue weighted by Crippen LogP contribution is 2.22. The number of fused-ring (bicyclic) bond motifs is 1. The molecule has 1 N–H and O–H groups in total. The average molecular weight is 495 g/mol. The number of hydrogen-bond donors (Lipinski definition) is 1. The molecule has 0 aliphatic rings. The zero-order valence-corrected chi connectivity index (χ0v) is 17.7. The van der Waals surface area contributed by atoms with Crippen molar-refractivity contribution in [3.63, 3.8) is 0 Å². The van der Waals surface area contributed by atoms with Gasteiger partial charge in [0.1, 0.15) is 6.54 Å². The van der Waals surface area contributed by atoms with Crippen molar-refractivity contribution in [1.82, 2.24) is 15.1 Å². The van der Waals surface area contributed by atoms with Crippen molar-refractivity contribution in [1.29, 1.82) is 0 Å². The molecule has 1 amide bonds. The third-order valence-electron chi connectivity index (χ3n) is 4.61. The van der Waals surface area contributed by atoms with E-state index in [0.29, 0.717) is 12.2 Å². The van der Waals surface area contributed by atoms with Crippen LogP contribution in [0, 0.1) is 3.57 Å². The van der Waals surface area contributed by atoms with Crippen LogP contribution in [0.5, 0.6) is 0 Å². The largest absolute Gasteiger partial charge is 0.350 e. The molecule has 4 rings (SSSR count). The maximum atomic E-state index is 12.3. The second kappa shape index (κ2) is 8.57. The fraction of sp³-hybridized carbons (Fsp3) is 0.0870. The Morgan fingerprint density at radius 1 is 0.931 bits per heavy atom. The van der Waals surface area contributed by atoms with Crippen molar-refractivity contribution in [2.24, 2.45) is 0 Å². The number of carbonyl (C=O) groups excluding carboxylic acids is 1. The quantitative estimate of drug-likeness (QED) is 0.426. The lowest BCUT2D eigenvalue weighted by atomic mass is 10.1. The molecule has 0 saturated carbocycles. The molecule has 0 radical (unpaired) electrons. The predicted molar refractivity (Wildman–Crippen MR) is 122 cm³/mol. The minimum absolute atomic E-state index is 0.120. The molecule has 29 heavy (non-hydrogen) atoms. The van der Waals surface area contributed by atoms with Gasteiger partial charge in [-0.25, -0.2) is 4.68 Å². The molecule has 144 valence electrons. The summed E-state index contributed by atoms with van der Waals surface area (Å²) in [5, 5.41) is 9.47. The van der Waals surface area contributed by atoms with E-state index in [1.807, 2.05) is 66.7 Å². The summed E-state index contributed by atoms with van der Waals surface area (Å²) in [6.45, 7) is 0.291. The van der Waals surface area contributed by atoms with Gasteiger partial charge in [0.2, 0.25) is 5.91 Å². The minimum Gasteiger partial charge on any atom is -0.350 e. The van der Waals surface area contributed by atoms with E-state index in [-0.39, 0.29) is 18.0 Å². The summed E-state index contributed by atoms with van der Waals surface area (Å²) in [6.07, 6.45) is 0. The first kappa shape index (κ1) is 19.3. The van der Waals surface area contributed by atoms with Crippen LogP contribution >= 0.6 is 22.6 Å². The summed E-state index contributed by atoms with van der Waals surface area (Å²) >= 11 is 2.24. The SMILES string of the molecule is O=C(Cn1nc(-c2ccc3ccccc3c2)ccc1=O)NCc1ccc(I)cc1. The molecule has 5 nitrogen and oxygen atoms in total.